The summed E-state index contributed by atoms with van der Waals surface area (Å²) in [5.41, 5.74) is 3.07. The predicted molar refractivity (Wildman–Crippen MR) is 86.3 cm³/mol. The van der Waals surface area contributed by atoms with Crippen molar-refractivity contribution in [1.82, 2.24) is 0 Å². The molecule has 0 saturated heterocycles. The van der Waals surface area contributed by atoms with Crippen LogP contribution in [0.5, 0.6) is 0 Å². The second kappa shape index (κ2) is 5.29. The number of rotatable bonds is 1. The molecule has 2 aromatic carbocycles. The minimum atomic E-state index is 0.610. The highest BCUT2D eigenvalue weighted by atomic mass is 32.2. The van der Waals surface area contributed by atoms with Crippen molar-refractivity contribution in [1.29, 1.82) is 0 Å². The summed E-state index contributed by atoms with van der Waals surface area (Å²) in [5.74, 6) is 1.44. The van der Waals surface area contributed by atoms with Crippen LogP contribution in [0, 0.1) is 5.92 Å². The Hall–Kier alpha value is -1.21. The van der Waals surface area contributed by atoms with E-state index in [0.29, 0.717) is 5.92 Å². The van der Waals surface area contributed by atoms with Gasteiger partial charge in [-0.05, 0) is 36.0 Å². The zero-order chi connectivity index (χ0) is 13.4. The predicted octanol–water partition coefficient (Wildman–Crippen LogP) is 5.48. The molecule has 0 spiro atoms. The van der Waals surface area contributed by atoms with Crippen LogP contribution in [0.25, 0.3) is 0 Å². The molecule has 0 N–H and O–H groups in total. The molecule has 0 bridgehead atoms. The Bertz CT molecular complexity index is 590. The molecule has 0 nitrogen and oxygen atoms in total. The Kier molecular flexibility index (Phi) is 3.31. The summed E-state index contributed by atoms with van der Waals surface area (Å²) >= 11 is 2.14. The first kappa shape index (κ1) is 12.5. The van der Waals surface area contributed by atoms with Gasteiger partial charge in [-0.1, -0.05) is 61.4 Å². The minimum Gasteiger partial charge on any atom is -0.122 e. The van der Waals surface area contributed by atoms with Crippen LogP contribution in [0.2, 0.25) is 0 Å². The van der Waals surface area contributed by atoms with Crippen molar-refractivity contribution in [2.45, 2.75) is 41.7 Å². The van der Waals surface area contributed by atoms with E-state index in [0.717, 1.165) is 11.2 Å². The van der Waals surface area contributed by atoms with Crippen molar-refractivity contribution in [2.24, 2.45) is 5.92 Å². The van der Waals surface area contributed by atoms with Gasteiger partial charge in [0.25, 0.3) is 0 Å². The van der Waals surface area contributed by atoms with Crippen molar-refractivity contribution in [2.75, 3.05) is 0 Å². The van der Waals surface area contributed by atoms with Crippen molar-refractivity contribution < 1.29 is 0 Å². The third-order valence-corrected chi connectivity index (χ3v) is 6.39. The van der Waals surface area contributed by atoms with E-state index in [1.807, 2.05) is 0 Å². The number of thioether (sulfide) groups is 1. The van der Waals surface area contributed by atoms with Gasteiger partial charge < -0.3 is 0 Å². The van der Waals surface area contributed by atoms with Crippen LogP contribution in [0.4, 0.5) is 0 Å². The molecule has 20 heavy (non-hydrogen) atoms. The lowest BCUT2D eigenvalue weighted by atomic mass is 9.73. The van der Waals surface area contributed by atoms with Crippen molar-refractivity contribution in [3.63, 3.8) is 0 Å². The van der Waals surface area contributed by atoms with Gasteiger partial charge in [0, 0.05) is 16.1 Å². The van der Waals surface area contributed by atoms with Gasteiger partial charge in [-0.15, -0.1) is 11.8 Å². The quantitative estimate of drug-likeness (QED) is 0.666. The van der Waals surface area contributed by atoms with Gasteiger partial charge in [-0.3, -0.25) is 0 Å². The fourth-order valence-corrected chi connectivity index (χ4v) is 5.55. The van der Waals surface area contributed by atoms with E-state index in [4.69, 9.17) is 0 Å². The van der Waals surface area contributed by atoms with E-state index < -0.39 is 0 Å². The average molecular weight is 280 g/mol. The molecule has 1 aliphatic carbocycles. The third-order valence-electron chi connectivity index (χ3n) is 4.87. The zero-order valence-corrected chi connectivity index (χ0v) is 12.5. The van der Waals surface area contributed by atoms with E-state index in [-0.39, 0.29) is 0 Å². The highest BCUT2D eigenvalue weighted by Crippen LogP contribution is 2.53. The lowest BCUT2D eigenvalue weighted by Gasteiger charge is -2.42. The fourth-order valence-electron chi connectivity index (χ4n) is 3.98. The van der Waals surface area contributed by atoms with Crippen LogP contribution >= 0.6 is 11.8 Å². The molecule has 0 aromatic heterocycles. The van der Waals surface area contributed by atoms with Gasteiger partial charge in [0.05, 0.1) is 0 Å². The number of hydrogen-bond donors (Lipinski definition) is 0. The first-order valence-electron chi connectivity index (χ1n) is 7.74. The monoisotopic (exact) mass is 280 g/mol. The number of hydrogen-bond acceptors (Lipinski definition) is 1. The zero-order valence-electron chi connectivity index (χ0n) is 11.7. The maximum Gasteiger partial charge on any atom is 0.0139 e. The molecular weight excluding hydrogens is 260 g/mol. The molecule has 1 fully saturated rings. The van der Waals surface area contributed by atoms with Crippen LogP contribution in [-0.4, -0.2) is 5.25 Å². The summed E-state index contributed by atoms with van der Waals surface area (Å²) < 4.78 is 0. The van der Waals surface area contributed by atoms with Crippen LogP contribution in [-0.2, 0) is 0 Å². The summed E-state index contributed by atoms with van der Waals surface area (Å²) in [7, 11) is 0. The molecule has 1 saturated carbocycles. The fraction of sp³-hybridized carbons (Fsp3) is 0.368. The molecule has 2 aromatic rings. The van der Waals surface area contributed by atoms with Crippen molar-refractivity contribution in [3.05, 3.63) is 65.7 Å². The smallest absolute Gasteiger partial charge is 0.0139 e. The molecule has 4 rings (SSSR count). The van der Waals surface area contributed by atoms with Gasteiger partial charge in [0.2, 0.25) is 0 Å². The summed E-state index contributed by atoms with van der Waals surface area (Å²) in [6.45, 7) is 0. The molecule has 0 amide bonds. The molecule has 1 heteroatoms. The van der Waals surface area contributed by atoms with E-state index in [1.165, 1.54) is 36.1 Å². The maximum absolute atomic E-state index is 2.35. The Labute approximate surface area is 125 Å². The molecule has 1 heterocycles. The molecule has 1 aliphatic heterocycles. The number of benzene rings is 2. The highest BCUT2D eigenvalue weighted by molar-refractivity contribution is 8.00. The SMILES string of the molecule is c1ccc([C@H]2c3ccccc3S[C@@H]3CCCC[C@H]23)cc1. The molecule has 0 unspecified atom stereocenters. The van der Waals surface area contributed by atoms with Crippen LogP contribution < -0.4 is 0 Å². The summed E-state index contributed by atoms with van der Waals surface area (Å²) in [6, 6.07) is 20.2. The Morgan fingerprint density at radius 2 is 1.55 bits per heavy atom. The van der Waals surface area contributed by atoms with E-state index in [2.05, 4.69) is 66.4 Å². The average Bonchev–Trinajstić information content (AvgIpc) is 2.53. The Balaban J connectivity index is 1.84. The molecule has 102 valence electrons. The summed E-state index contributed by atoms with van der Waals surface area (Å²) in [4.78, 5) is 1.52. The largest absolute Gasteiger partial charge is 0.122 e. The van der Waals surface area contributed by atoms with Gasteiger partial charge in [-0.2, -0.15) is 0 Å². The minimum absolute atomic E-state index is 0.610. The highest BCUT2D eigenvalue weighted by Gasteiger charge is 2.38. The van der Waals surface area contributed by atoms with E-state index in [9.17, 15) is 0 Å². The van der Waals surface area contributed by atoms with Crippen LogP contribution in [0.15, 0.2) is 59.5 Å². The first-order chi connectivity index (χ1) is 9.93. The van der Waals surface area contributed by atoms with Crippen molar-refractivity contribution >= 4 is 11.8 Å². The normalized spacial score (nSPS) is 28.5. The first-order valence-corrected chi connectivity index (χ1v) is 8.62. The van der Waals surface area contributed by atoms with Crippen molar-refractivity contribution in [3.8, 4) is 0 Å². The second-order valence-corrected chi connectivity index (χ2v) is 7.31. The van der Waals surface area contributed by atoms with E-state index in [1.54, 1.807) is 5.56 Å². The lowest BCUT2D eigenvalue weighted by molar-refractivity contribution is 0.331. The molecular formula is C19H20S. The topological polar surface area (TPSA) is 0 Å². The second-order valence-electron chi connectivity index (χ2n) is 6.03. The van der Waals surface area contributed by atoms with Crippen LogP contribution in [0.1, 0.15) is 42.7 Å². The van der Waals surface area contributed by atoms with E-state index >= 15 is 0 Å². The Morgan fingerprint density at radius 1 is 0.800 bits per heavy atom. The van der Waals surface area contributed by atoms with Gasteiger partial charge in [-0.25, -0.2) is 0 Å². The molecule has 0 radical (unpaired) electrons. The molecule has 2 aliphatic rings. The number of fused-ring (bicyclic) bond motifs is 2. The maximum atomic E-state index is 2.35. The third kappa shape index (κ3) is 2.09. The van der Waals surface area contributed by atoms with Gasteiger partial charge >= 0.3 is 0 Å². The van der Waals surface area contributed by atoms with Gasteiger partial charge in [0.15, 0.2) is 0 Å². The van der Waals surface area contributed by atoms with Gasteiger partial charge in [0.1, 0.15) is 0 Å². The summed E-state index contributed by atoms with van der Waals surface area (Å²) in [6.07, 6.45) is 5.61. The van der Waals surface area contributed by atoms with Crippen LogP contribution in [0.3, 0.4) is 0 Å². The standard InChI is InChI=1S/C19H20S/c1-2-8-14(9-3-1)19-15-10-4-6-12-17(15)20-18-13-7-5-11-16(18)19/h1-4,6,8-10,12,16,18-19H,5,7,11,13H2/t16-,18+,19-/m0/s1. The molecule has 3 atom stereocenters. The lowest BCUT2D eigenvalue weighted by Crippen LogP contribution is -2.32. The summed E-state index contributed by atoms with van der Waals surface area (Å²) in [5, 5.41) is 0.823. The Morgan fingerprint density at radius 3 is 2.45 bits per heavy atom.